The summed E-state index contributed by atoms with van der Waals surface area (Å²) in [7, 11) is 0. The number of aromatic nitrogens is 1. The van der Waals surface area contributed by atoms with E-state index in [1.54, 1.807) is 6.20 Å². The fourth-order valence-corrected chi connectivity index (χ4v) is 1.87. The predicted molar refractivity (Wildman–Crippen MR) is 80.3 cm³/mol. The van der Waals surface area contributed by atoms with Crippen molar-refractivity contribution in [1.29, 1.82) is 0 Å². The zero-order valence-corrected chi connectivity index (χ0v) is 11.9. The van der Waals surface area contributed by atoms with Crippen LogP contribution in [0.1, 0.15) is 18.5 Å². The molecule has 0 aliphatic carbocycles. The van der Waals surface area contributed by atoms with E-state index >= 15 is 0 Å². The lowest BCUT2D eigenvalue weighted by Crippen LogP contribution is -2.46. The van der Waals surface area contributed by atoms with E-state index < -0.39 is 0 Å². The second kappa shape index (κ2) is 10.2. The number of carbonyl (C=O) groups excluding carboxylic acids is 1. The van der Waals surface area contributed by atoms with Crippen LogP contribution < -0.4 is 16.8 Å². The van der Waals surface area contributed by atoms with Crippen LogP contribution in [-0.2, 0) is 6.42 Å². The second-order valence-electron chi connectivity index (χ2n) is 4.57. The van der Waals surface area contributed by atoms with E-state index in [0.717, 1.165) is 44.6 Å². The molecule has 1 aliphatic heterocycles. The number of amides is 2. The van der Waals surface area contributed by atoms with Crippen molar-refractivity contribution in [3.63, 3.8) is 0 Å². The number of urea groups is 1. The van der Waals surface area contributed by atoms with Gasteiger partial charge in [0.2, 0.25) is 0 Å². The number of pyridine rings is 1. The van der Waals surface area contributed by atoms with E-state index in [-0.39, 0.29) is 6.03 Å². The summed E-state index contributed by atoms with van der Waals surface area (Å²) in [5.74, 6) is 0. The summed E-state index contributed by atoms with van der Waals surface area (Å²) >= 11 is 0. The van der Waals surface area contributed by atoms with Gasteiger partial charge in [0.15, 0.2) is 0 Å². The summed E-state index contributed by atoms with van der Waals surface area (Å²) in [6.45, 7) is 3.83. The number of rotatable bonds is 5. The summed E-state index contributed by atoms with van der Waals surface area (Å²) in [6.07, 6.45) is 4.61. The van der Waals surface area contributed by atoms with Gasteiger partial charge in [-0.1, -0.05) is 6.07 Å². The fourth-order valence-electron chi connectivity index (χ4n) is 1.87. The van der Waals surface area contributed by atoms with Gasteiger partial charge in [0.25, 0.3) is 0 Å². The van der Waals surface area contributed by atoms with Crippen molar-refractivity contribution in [2.75, 3.05) is 32.7 Å². The minimum absolute atomic E-state index is 0.0599. The van der Waals surface area contributed by atoms with Crippen LogP contribution in [-0.4, -0.2) is 48.6 Å². The van der Waals surface area contributed by atoms with Gasteiger partial charge in [-0.2, -0.15) is 0 Å². The predicted octanol–water partition coefficient (Wildman–Crippen LogP) is 0.333. The Morgan fingerprint density at radius 3 is 2.75 bits per heavy atom. The van der Waals surface area contributed by atoms with Crippen molar-refractivity contribution in [3.05, 3.63) is 30.1 Å². The van der Waals surface area contributed by atoms with Crippen molar-refractivity contribution in [2.24, 2.45) is 11.5 Å². The SMILES string of the molecule is NCCCN1CCCNC1=O.NCCc1ccccn1. The Morgan fingerprint density at radius 2 is 2.15 bits per heavy atom. The smallest absolute Gasteiger partial charge is 0.317 e. The normalized spacial score (nSPS) is 14.3. The lowest BCUT2D eigenvalue weighted by atomic mass is 10.3. The maximum atomic E-state index is 11.1. The molecule has 0 bridgehead atoms. The number of nitrogens with two attached hydrogens (primary N) is 2. The molecule has 2 amide bonds. The summed E-state index contributed by atoms with van der Waals surface area (Å²) in [5, 5.41) is 2.79. The molecule has 1 aromatic rings. The molecule has 1 saturated heterocycles. The minimum Gasteiger partial charge on any atom is -0.338 e. The molecule has 112 valence electrons. The first kappa shape index (κ1) is 16.4. The van der Waals surface area contributed by atoms with Gasteiger partial charge in [-0.3, -0.25) is 4.98 Å². The van der Waals surface area contributed by atoms with Gasteiger partial charge in [0.05, 0.1) is 0 Å². The minimum atomic E-state index is 0.0599. The third-order valence-corrected chi connectivity index (χ3v) is 2.93. The molecular formula is C14H25N5O. The third-order valence-electron chi connectivity index (χ3n) is 2.93. The summed E-state index contributed by atoms with van der Waals surface area (Å²) in [6, 6.07) is 5.91. The van der Waals surface area contributed by atoms with Gasteiger partial charge in [0, 0.05) is 37.9 Å². The number of carbonyl (C=O) groups is 1. The summed E-state index contributed by atoms with van der Waals surface area (Å²) in [4.78, 5) is 17.0. The number of nitrogens with one attached hydrogen (secondary N) is 1. The first-order valence-electron chi connectivity index (χ1n) is 7.10. The molecule has 1 fully saturated rings. The Balaban J connectivity index is 0.000000204. The number of hydrogen-bond donors (Lipinski definition) is 3. The van der Waals surface area contributed by atoms with Crippen molar-refractivity contribution in [2.45, 2.75) is 19.3 Å². The van der Waals surface area contributed by atoms with E-state index in [1.165, 1.54) is 0 Å². The highest BCUT2D eigenvalue weighted by Crippen LogP contribution is 1.99. The molecule has 0 atom stereocenters. The van der Waals surface area contributed by atoms with Gasteiger partial charge in [-0.05, 0) is 38.1 Å². The Morgan fingerprint density at radius 1 is 1.30 bits per heavy atom. The summed E-state index contributed by atoms with van der Waals surface area (Å²) in [5.41, 5.74) is 11.7. The molecule has 0 radical (unpaired) electrons. The van der Waals surface area contributed by atoms with Crippen LogP contribution in [0.4, 0.5) is 4.79 Å². The molecule has 20 heavy (non-hydrogen) atoms. The van der Waals surface area contributed by atoms with Crippen LogP contribution in [0, 0.1) is 0 Å². The molecule has 0 saturated carbocycles. The molecule has 0 aromatic carbocycles. The van der Waals surface area contributed by atoms with Crippen molar-refractivity contribution >= 4 is 6.03 Å². The van der Waals surface area contributed by atoms with Gasteiger partial charge >= 0.3 is 6.03 Å². The lowest BCUT2D eigenvalue weighted by molar-refractivity contribution is 0.186. The van der Waals surface area contributed by atoms with E-state index in [2.05, 4.69) is 10.3 Å². The number of hydrogen-bond acceptors (Lipinski definition) is 4. The molecule has 0 unspecified atom stereocenters. The van der Waals surface area contributed by atoms with Gasteiger partial charge in [-0.15, -0.1) is 0 Å². The van der Waals surface area contributed by atoms with Crippen LogP contribution in [0.3, 0.4) is 0 Å². The highest BCUT2D eigenvalue weighted by atomic mass is 16.2. The monoisotopic (exact) mass is 279 g/mol. The second-order valence-corrected chi connectivity index (χ2v) is 4.57. The molecule has 0 spiro atoms. The van der Waals surface area contributed by atoms with Crippen molar-refractivity contribution in [1.82, 2.24) is 15.2 Å². The van der Waals surface area contributed by atoms with Crippen LogP contribution in [0.2, 0.25) is 0 Å². The van der Waals surface area contributed by atoms with E-state index in [9.17, 15) is 4.79 Å². The average Bonchev–Trinajstić information content (AvgIpc) is 2.49. The van der Waals surface area contributed by atoms with Gasteiger partial charge in [0.1, 0.15) is 0 Å². The van der Waals surface area contributed by atoms with Crippen LogP contribution in [0.25, 0.3) is 0 Å². The molecule has 5 N–H and O–H groups in total. The van der Waals surface area contributed by atoms with Gasteiger partial charge < -0.3 is 21.7 Å². The largest absolute Gasteiger partial charge is 0.338 e. The first-order valence-corrected chi connectivity index (χ1v) is 7.10. The van der Waals surface area contributed by atoms with Crippen LogP contribution in [0.15, 0.2) is 24.4 Å². The Hall–Kier alpha value is -1.66. The highest BCUT2D eigenvalue weighted by molar-refractivity contribution is 5.74. The molecule has 2 rings (SSSR count). The zero-order chi connectivity index (χ0) is 14.6. The maximum absolute atomic E-state index is 11.1. The zero-order valence-electron chi connectivity index (χ0n) is 11.9. The first-order chi connectivity index (χ1) is 9.77. The molecule has 6 nitrogen and oxygen atoms in total. The number of nitrogens with zero attached hydrogens (tertiary/aromatic N) is 2. The van der Waals surface area contributed by atoms with Gasteiger partial charge in [-0.25, -0.2) is 4.79 Å². The maximum Gasteiger partial charge on any atom is 0.317 e. The van der Waals surface area contributed by atoms with E-state index in [1.807, 2.05) is 23.1 Å². The quantitative estimate of drug-likeness (QED) is 0.723. The Bertz CT molecular complexity index is 371. The van der Waals surface area contributed by atoms with Crippen LogP contribution >= 0.6 is 0 Å². The third kappa shape index (κ3) is 6.49. The standard InChI is InChI=1S/C7H15N3O.C7H10N2/c8-3-1-5-10-6-2-4-9-7(10)11;8-5-4-7-3-1-2-6-9-7/h1-6,8H2,(H,9,11);1-3,6H,4-5,8H2. The van der Waals surface area contributed by atoms with E-state index in [4.69, 9.17) is 11.5 Å². The highest BCUT2D eigenvalue weighted by Gasteiger charge is 2.15. The van der Waals surface area contributed by atoms with Crippen molar-refractivity contribution < 1.29 is 4.79 Å². The van der Waals surface area contributed by atoms with Crippen molar-refractivity contribution in [3.8, 4) is 0 Å². The Kier molecular flexibility index (Phi) is 8.33. The van der Waals surface area contributed by atoms with Crippen LogP contribution in [0.5, 0.6) is 0 Å². The molecule has 1 aliphatic rings. The fraction of sp³-hybridized carbons (Fsp3) is 0.571. The lowest BCUT2D eigenvalue weighted by Gasteiger charge is -2.27. The summed E-state index contributed by atoms with van der Waals surface area (Å²) < 4.78 is 0. The molecule has 6 heteroatoms. The average molecular weight is 279 g/mol. The molecule has 2 heterocycles. The molecular weight excluding hydrogens is 254 g/mol. The van der Waals surface area contributed by atoms with E-state index in [0.29, 0.717) is 13.1 Å². The molecule has 1 aromatic heterocycles. The topological polar surface area (TPSA) is 97.3 Å². The Labute approximate surface area is 120 Å².